The molecule has 4 heteroatoms. The van der Waals surface area contributed by atoms with Crippen LogP contribution in [0.5, 0.6) is 17.2 Å². The van der Waals surface area contributed by atoms with E-state index in [1.807, 2.05) is 50.1 Å². The van der Waals surface area contributed by atoms with E-state index in [0.717, 1.165) is 5.56 Å². The fraction of sp³-hybridized carbons (Fsp3) is 0.208. The average Bonchev–Trinajstić information content (AvgIpc) is 2.67. The van der Waals surface area contributed by atoms with E-state index < -0.39 is 0 Å². The van der Waals surface area contributed by atoms with Crippen molar-refractivity contribution in [1.29, 1.82) is 0 Å². The number of phenols is 3. The first-order valence-corrected chi connectivity index (χ1v) is 8.77. The third-order valence-corrected chi connectivity index (χ3v) is 3.60. The number of aryl methyl sites for hydroxylation is 1. The van der Waals surface area contributed by atoms with Gasteiger partial charge in [-0.25, -0.2) is 0 Å². The van der Waals surface area contributed by atoms with Gasteiger partial charge in [0.05, 0.1) is 0 Å². The lowest BCUT2D eigenvalue weighted by molar-refractivity contribution is -0.0980. The van der Waals surface area contributed by atoms with Crippen molar-refractivity contribution in [2.45, 2.75) is 33.1 Å². The summed E-state index contributed by atoms with van der Waals surface area (Å²) >= 11 is 0. The topological polar surface area (TPSA) is 77.8 Å². The maximum atomic E-state index is 9.02. The third kappa shape index (κ3) is 10.7. The molecule has 0 amide bonds. The number of rotatable bonds is 0. The van der Waals surface area contributed by atoms with Crippen LogP contribution in [0.25, 0.3) is 0 Å². The van der Waals surface area contributed by atoms with Crippen LogP contribution in [-0.4, -0.2) is 22.1 Å². The summed E-state index contributed by atoms with van der Waals surface area (Å²) in [7, 11) is 0. The summed E-state index contributed by atoms with van der Waals surface area (Å²) in [6.45, 7) is 10.3. The molecule has 0 fully saturated rings. The quantitative estimate of drug-likeness (QED) is 0.473. The summed E-state index contributed by atoms with van der Waals surface area (Å²) in [6.07, 6.45) is 0. The van der Waals surface area contributed by atoms with E-state index in [-0.39, 0.29) is 5.41 Å². The third-order valence-electron chi connectivity index (χ3n) is 3.60. The molecule has 28 heavy (non-hydrogen) atoms. The van der Waals surface area contributed by atoms with Gasteiger partial charge in [-0.05, 0) is 53.8 Å². The SMILES string of the molecule is C=O.CC(C)(C)c1ccc(O)cc1.Cc1ccccc1O.Oc1ccccc1. The van der Waals surface area contributed by atoms with Gasteiger partial charge in [0.1, 0.15) is 24.0 Å². The van der Waals surface area contributed by atoms with Gasteiger partial charge in [0.2, 0.25) is 0 Å². The number of hydrogen-bond donors (Lipinski definition) is 3. The largest absolute Gasteiger partial charge is 0.508 e. The molecule has 0 aliphatic heterocycles. The summed E-state index contributed by atoms with van der Waals surface area (Å²) in [5.41, 5.74) is 2.34. The van der Waals surface area contributed by atoms with Gasteiger partial charge in [-0.15, -0.1) is 0 Å². The molecule has 0 heterocycles. The highest BCUT2D eigenvalue weighted by molar-refractivity contribution is 5.30. The second-order valence-corrected chi connectivity index (χ2v) is 6.92. The lowest BCUT2D eigenvalue weighted by Crippen LogP contribution is -2.10. The van der Waals surface area contributed by atoms with Crippen molar-refractivity contribution in [1.82, 2.24) is 0 Å². The van der Waals surface area contributed by atoms with Crippen LogP contribution in [0.3, 0.4) is 0 Å². The number of phenolic OH excluding ortho intramolecular Hbond substituents is 3. The number of carbonyl (C=O) groups is 1. The highest BCUT2D eigenvalue weighted by Gasteiger charge is 2.12. The molecule has 0 spiro atoms. The summed E-state index contributed by atoms with van der Waals surface area (Å²) in [6, 6.07) is 23.3. The smallest absolute Gasteiger partial charge is 0.118 e. The van der Waals surface area contributed by atoms with Crippen LogP contribution >= 0.6 is 0 Å². The van der Waals surface area contributed by atoms with Crippen molar-refractivity contribution in [2.24, 2.45) is 0 Å². The molecule has 0 aliphatic carbocycles. The zero-order chi connectivity index (χ0) is 21.6. The van der Waals surface area contributed by atoms with Crippen molar-refractivity contribution in [3.63, 3.8) is 0 Å². The Morgan fingerprint density at radius 2 is 1.07 bits per heavy atom. The standard InChI is InChI=1S/C10H14O.C7H8O.C6H6O.CH2O/c1-10(2,3)8-4-6-9(11)7-5-8;1-6-4-2-3-5-7(6)8;7-6-4-2-1-3-5-6;1-2/h4-7,11H,1-3H3;2-5,8H,1H3;1-5,7H;1H2. The summed E-state index contributed by atoms with van der Waals surface area (Å²) in [5, 5.41) is 26.6. The maximum Gasteiger partial charge on any atom is 0.118 e. The predicted octanol–water partition coefficient (Wildman–Crippen LogP) is 5.60. The number of aromatic hydroxyl groups is 3. The molecule has 3 aromatic carbocycles. The molecule has 0 atom stereocenters. The fourth-order valence-electron chi connectivity index (χ4n) is 1.95. The minimum atomic E-state index is 0.174. The predicted molar refractivity (Wildman–Crippen MR) is 115 cm³/mol. The van der Waals surface area contributed by atoms with Gasteiger partial charge in [-0.3, -0.25) is 0 Å². The first-order valence-electron chi connectivity index (χ1n) is 8.77. The summed E-state index contributed by atoms with van der Waals surface area (Å²) in [4.78, 5) is 8.00. The van der Waals surface area contributed by atoms with Crippen LogP contribution in [0.2, 0.25) is 0 Å². The molecular formula is C24H30O4. The van der Waals surface area contributed by atoms with Crippen LogP contribution in [-0.2, 0) is 10.2 Å². The van der Waals surface area contributed by atoms with Crippen molar-refractivity contribution in [3.05, 3.63) is 90.0 Å². The fourth-order valence-corrected chi connectivity index (χ4v) is 1.95. The second kappa shape index (κ2) is 13.0. The molecule has 0 radical (unpaired) electrons. The Morgan fingerprint density at radius 3 is 1.39 bits per heavy atom. The highest BCUT2D eigenvalue weighted by Crippen LogP contribution is 2.23. The van der Waals surface area contributed by atoms with Crippen molar-refractivity contribution in [3.8, 4) is 17.2 Å². The van der Waals surface area contributed by atoms with Crippen LogP contribution in [0, 0.1) is 6.92 Å². The lowest BCUT2D eigenvalue weighted by atomic mass is 9.87. The van der Waals surface area contributed by atoms with Crippen molar-refractivity contribution in [2.75, 3.05) is 0 Å². The number of carbonyl (C=O) groups excluding carboxylic acids is 1. The van der Waals surface area contributed by atoms with Gasteiger partial charge in [-0.2, -0.15) is 0 Å². The Balaban J connectivity index is 0.000000383. The Labute approximate surface area is 167 Å². The molecular weight excluding hydrogens is 352 g/mol. The minimum Gasteiger partial charge on any atom is -0.508 e. The molecule has 0 aromatic heterocycles. The first kappa shape index (κ1) is 24.7. The molecule has 3 rings (SSSR count). The van der Waals surface area contributed by atoms with Crippen LogP contribution in [0.1, 0.15) is 31.9 Å². The highest BCUT2D eigenvalue weighted by atomic mass is 16.3. The van der Waals surface area contributed by atoms with E-state index in [2.05, 4.69) is 20.8 Å². The van der Waals surface area contributed by atoms with Gasteiger partial charge >= 0.3 is 0 Å². The van der Waals surface area contributed by atoms with E-state index >= 15 is 0 Å². The molecule has 0 saturated heterocycles. The first-order chi connectivity index (χ1) is 13.2. The molecule has 0 saturated carbocycles. The monoisotopic (exact) mass is 382 g/mol. The Kier molecular flexibility index (Phi) is 11.5. The van der Waals surface area contributed by atoms with Gasteiger partial charge in [0.25, 0.3) is 0 Å². The number of benzene rings is 3. The van der Waals surface area contributed by atoms with E-state index in [9.17, 15) is 0 Å². The van der Waals surface area contributed by atoms with E-state index in [4.69, 9.17) is 20.1 Å². The second-order valence-electron chi connectivity index (χ2n) is 6.92. The molecule has 0 aliphatic rings. The zero-order valence-corrected chi connectivity index (χ0v) is 17.0. The van der Waals surface area contributed by atoms with E-state index in [1.54, 1.807) is 42.5 Å². The number of para-hydroxylation sites is 2. The van der Waals surface area contributed by atoms with Gasteiger partial charge in [0, 0.05) is 0 Å². The average molecular weight is 383 g/mol. The lowest BCUT2D eigenvalue weighted by Gasteiger charge is -2.18. The molecule has 3 aromatic rings. The minimum absolute atomic E-state index is 0.174. The maximum absolute atomic E-state index is 9.02. The molecule has 3 N–H and O–H groups in total. The zero-order valence-electron chi connectivity index (χ0n) is 17.0. The van der Waals surface area contributed by atoms with Gasteiger partial charge < -0.3 is 20.1 Å². The molecule has 150 valence electrons. The Morgan fingerprint density at radius 1 is 0.643 bits per heavy atom. The van der Waals surface area contributed by atoms with E-state index in [1.165, 1.54) is 5.56 Å². The normalized spacial score (nSPS) is 9.43. The van der Waals surface area contributed by atoms with Crippen LogP contribution in [0.4, 0.5) is 0 Å². The molecule has 0 unspecified atom stereocenters. The van der Waals surface area contributed by atoms with Gasteiger partial charge in [-0.1, -0.05) is 69.3 Å². The summed E-state index contributed by atoms with van der Waals surface area (Å²) in [5.74, 6) is 1.02. The number of hydrogen-bond acceptors (Lipinski definition) is 4. The Hall–Kier alpha value is -3.27. The van der Waals surface area contributed by atoms with E-state index in [0.29, 0.717) is 17.2 Å². The van der Waals surface area contributed by atoms with Crippen molar-refractivity contribution >= 4 is 6.79 Å². The van der Waals surface area contributed by atoms with Crippen LogP contribution < -0.4 is 0 Å². The van der Waals surface area contributed by atoms with Gasteiger partial charge in [0.15, 0.2) is 0 Å². The molecule has 0 bridgehead atoms. The Bertz CT molecular complexity index is 755. The molecule has 4 nitrogen and oxygen atoms in total. The van der Waals surface area contributed by atoms with Crippen LogP contribution in [0.15, 0.2) is 78.9 Å². The van der Waals surface area contributed by atoms with Crippen molar-refractivity contribution < 1.29 is 20.1 Å². The summed E-state index contributed by atoms with van der Waals surface area (Å²) < 4.78 is 0.